The van der Waals surface area contributed by atoms with Gasteiger partial charge in [-0.3, -0.25) is 14.5 Å². The number of nitrogens with zero attached hydrogens (tertiary/aromatic N) is 2. The lowest BCUT2D eigenvalue weighted by atomic mass is 9.80. The summed E-state index contributed by atoms with van der Waals surface area (Å²) in [6.45, 7) is 7.23. The molecule has 1 saturated heterocycles. The topological polar surface area (TPSA) is 69.7 Å². The molecule has 0 bridgehead atoms. The van der Waals surface area contributed by atoms with Gasteiger partial charge < -0.3 is 10.2 Å². The molecule has 9 heteroatoms. The van der Waals surface area contributed by atoms with E-state index in [9.17, 15) is 27.6 Å². The minimum absolute atomic E-state index is 0.0742. The highest BCUT2D eigenvalue weighted by Gasteiger charge is 2.57. The summed E-state index contributed by atoms with van der Waals surface area (Å²) in [5.41, 5.74) is 0.418. The van der Waals surface area contributed by atoms with Crippen LogP contribution < -0.4 is 5.32 Å². The normalized spacial score (nSPS) is 17.6. The molecular formula is C30H36F3N3O3. The lowest BCUT2D eigenvalue weighted by molar-refractivity contribution is -0.138. The molecular weight excluding hydrogens is 507 g/mol. The quantitative estimate of drug-likeness (QED) is 0.380. The number of hydrogen-bond donors (Lipinski definition) is 1. The zero-order valence-electron chi connectivity index (χ0n) is 22.9. The average Bonchev–Trinajstić information content (AvgIpc) is 3.05. The van der Waals surface area contributed by atoms with Gasteiger partial charge in [-0.15, -0.1) is 0 Å². The van der Waals surface area contributed by atoms with Crippen molar-refractivity contribution in [1.29, 1.82) is 0 Å². The molecule has 4 amide bonds. The molecule has 0 atom stereocenters. The molecule has 0 unspecified atom stereocenters. The molecule has 4 rings (SSSR count). The number of para-hydroxylation sites is 1. The molecule has 1 N–H and O–H groups in total. The van der Waals surface area contributed by atoms with Crippen LogP contribution in [0.5, 0.6) is 0 Å². The predicted molar refractivity (Wildman–Crippen MR) is 143 cm³/mol. The SMILES string of the molecule is CC(C)c1cccc(C(C)C)c1NC(=O)CN1C(=O)N(Cc2ccccc2C(F)(F)F)C2(CCCCC2)C1=O. The first-order valence-electron chi connectivity index (χ1n) is 13.6. The first-order chi connectivity index (χ1) is 18.4. The van der Waals surface area contributed by atoms with Crippen LogP contribution in [0.2, 0.25) is 0 Å². The average molecular weight is 544 g/mol. The molecule has 2 aromatic rings. The van der Waals surface area contributed by atoms with Crippen molar-refractivity contribution >= 4 is 23.5 Å². The number of imide groups is 1. The van der Waals surface area contributed by atoms with Crippen molar-refractivity contribution in [1.82, 2.24) is 9.80 Å². The Balaban J connectivity index is 1.64. The number of urea groups is 1. The fourth-order valence-corrected chi connectivity index (χ4v) is 5.88. The number of carbonyl (C=O) groups excluding carboxylic acids is 3. The van der Waals surface area contributed by atoms with Crippen molar-refractivity contribution in [2.45, 2.75) is 89.9 Å². The zero-order chi connectivity index (χ0) is 28.5. The Kier molecular flexibility index (Phi) is 8.09. The van der Waals surface area contributed by atoms with E-state index < -0.39 is 41.7 Å². The summed E-state index contributed by atoms with van der Waals surface area (Å²) in [5.74, 6) is -0.768. The van der Waals surface area contributed by atoms with Gasteiger partial charge in [0.1, 0.15) is 12.1 Å². The number of anilines is 1. The first-order valence-corrected chi connectivity index (χ1v) is 13.6. The number of nitrogens with one attached hydrogen (secondary N) is 1. The van der Waals surface area contributed by atoms with Crippen molar-refractivity contribution in [2.24, 2.45) is 0 Å². The molecule has 6 nitrogen and oxygen atoms in total. The Morgan fingerprint density at radius 2 is 1.51 bits per heavy atom. The van der Waals surface area contributed by atoms with E-state index in [1.807, 2.05) is 45.9 Å². The van der Waals surface area contributed by atoms with Crippen LogP contribution in [0.1, 0.15) is 93.9 Å². The minimum Gasteiger partial charge on any atom is -0.324 e. The van der Waals surface area contributed by atoms with E-state index in [4.69, 9.17) is 0 Å². The van der Waals surface area contributed by atoms with Gasteiger partial charge in [-0.05, 0) is 47.4 Å². The second-order valence-corrected chi connectivity index (χ2v) is 11.2. The fraction of sp³-hybridized carbons (Fsp3) is 0.500. The van der Waals surface area contributed by atoms with E-state index in [0.29, 0.717) is 31.4 Å². The number of alkyl halides is 3. The molecule has 1 aliphatic carbocycles. The smallest absolute Gasteiger partial charge is 0.324 e. The summed E-state index contributed by atoms with van der Waals surface area (Å²) >= 11 is 0. The van der Waals surface area contributed by atoms with Crippen molar-refractivity contribution in [3.05, 3.63) is 64.7 Å². The van der Waals surface area contributed by atoms with Gasteiger partial charge in [0.05, 0.1) is 5.56 Å². The monoisotopic (exact) mass is 543 g/mol. The van der Waals surface area contributed by atoms with Gasteiger partial charge in [0, 0.05) is 12.2 Å². The molecule has 2 aromatic carbocycles. The summed E-state index contributed by atoms with van der Waals surface area (Å²) < 4.78 is 41.2. The third-order valence-electron chi connectivity index (χ3n) is 7.89. The van der Waals surface area contributed by atoms with Gasteiger partial charge in [0.15, 0.2) is 0 Å². The van der Waals surface area contributed by atoms with Gasteiger partial charge in [-0.2, -0.15) is 13.2 Å². The van der Waals surface area contributed by atoms with Crippen LogP contribution in [0, 0.1) is 0 Å². The maximum Gasteiger partial charge on any atom is 0.416 e. The zero-order valence-corrected chi connectivity index (χ0v) is 22.9. The summed E-state index contributed by atoms with van der Waals surface area (Å²) in [4.78, 5) is 42.9. The summed E-state index contributed by atoms with van der Waals surface area (Å²) in [6, 6.07) is 10.2. The summed E-state index contributed by atoms with van der Waals surface area (Å²) in [5, 5.41) is 2.94. The van der Waals surface area contributed by atoms with E-state index >= 15 is 0 Å². The van der Waals surface area contributed by atoms with Gasteiger partial charge >= 0.3 is 12.2 Å². The molecule has 0 radical (unpaired) electrons. The Hall–Kier alpha value is -3.36. The predicted octanol–water partition coefficient (Wildman–Crippen LogP) is 7.06. The van der Waals surface area contributed by atoms with E-state index in [-0.39, 0.29) is 23.9 Å². The van der Waals surface area contributed by atoms with Crippen LogP contribution >= 0.6 is 0 Å². The molecule has 2 aliphatic rings. The molecule has 1 spiro atoms. The van der Waals surface area contributed by atoms with Crippen molar-refractivity contribution in [3.8, 4) is 0 Å². The molecule has 0 aromatic heterocycles. The highest BCUT2D eigenvalue weighted by Crippen LogP contribution is 2.43. The van der Waals surface area contributed by atoms with Gasteiger partial charge in [-0.25, -0.2) is 4.79 Å². The lowest BCUT2D eigenvalue weighted by Gasteiger charge is -2.38. The molecule has 1 aliphatic heterocycles. The summed E-state index contributed by atoms with van der Waals surface area (Å²) in [6.07, 6.45) is -1.65. The number of amides is 4. The van der Waals surface area contributed by atoms with Crippen LogP contribution in [0.25, 0.3) is 0 Å². The van der Waals surface area contributed by atoms with Crippen LogP contribution in [-0.2, 0) is 22.3 Å². The lowest BCUT2D eigenvalue weighted by Crippen LogP contribution is -2.50. The van der Waals surface area contributed by atoms with Gasteiger partial charge in [-0.1, -0.05) is 83.4 Å². The molecule has 1 saturated carbocycles. The Morgan fingerprint density at radius 1 is 0.923 bits per heavy atom. The maximum absolute atomic E-state index is 13.8. The number of hydrogen-bond acceptors (Lipinski definition) is 3. The maximum atomic E-state index is 13.8. The first kappa shape index (κ1) is 28.6. The van der Waals surface area contributed by atoms with Crippen molar-refractivity contribution in [3.63, 3.8) is 0 Å². The van der Waals surface area contributed by atoms with E-state index in [2.05, 4.69) is 5.32 Å². The second-order valence-electron chi connectivity index (χ2n) is 11.2. The van der Waals surface area contributed by atoms with Crippen LogP contribution in [0.3, 0.4) is 0 Å². The van der Waals surface area contributed by atoms with Crippen molar-refractivity contribution in [2.75, 3.05) is 11.9 Å². The highest BCUT2D eigenvalue weighted by molar-refractivity contribution is 6.10. The van der Waals surface area contributed by atoms with Crippen LogP contribution in [-0.4, -0.2) is 39.7 Å². The van der Waals surface area contributed by atoms with E-state index in [1.165, 1.54) is 23.1 Å². The third kappa shape index (κ3) is 5.54. The summed E-state index contributed by atoms with van der Waals surface area (Å²) in [7, 11) is 0. The van der Waals surface area contributed by atoms with Gasteiger partial charge in [0.25, 0.3) is 5.91 Å². The fourth-order valence-electron chi connectivity index (χ4n) is 5.88. The molecule has 2 fully saturated rings. The second kappa shape index (κ2) is 11.0. The van der Waals surface area contributed by atoms with E-state index in [0.717, 1.165) is 28.5 Å². The molecule has 1 heterocycles. The van der Waals surface area contributed by atoms with Gasteiger partial charge in [0.2, 0.25) is 5.91 Å². The third-order valence-corrected chi connectivity index (χ3v) is 7.89. The number of halogens is 3. The minimum atomic E-state index is -4.60. The number of carbonyl (C=O) groups is 3. The Bertz CT molecular complexity index is 1220. The number of benzene rings is 2. The number of rotatable bonds is 7. The van der Waals surface area contributed by atoms with Crippen LogP contribution in [0.4, 0.5) is 23.7 Å². The van der Waals surface area contributed by atoms with E-state index in [1.54, 1.807) is 0 Å². The Morgan fingerprint density at radius 3 is 2.08 bits per heavy atom. The molecule has 210 valence electrons. The largest absolute Gasteiger partial charge is 0.416 e. The van der Waals surface area contributed by atoms with Crippen molar-refractivity contribution < 1.29 is 27.6 Å². The Labute approximate surface area is 227 Å². The standard InChI is InChI=1S/C30H36F3N3O3/c1-19(2)22-12-10-13-23(20(3)4)26(22)34-25(37)18-35-27(38)29(15-8-5-9-16-29)36(28(35)39)17-21-11-6-7-14-24(21)30(31,32)33/h6-7,10-14,19-20H,5,8-9,15-18H2,1-4H3,(H,34,37). The molecule has 39 heavy (non-hydrogen) atoms. The highest BCUT2D eigenvalue weighted by atomic mass is 19.4. The van der Waals surface area contributed by atoms with Crippen LogP contribution in [0.15, 0.2) is 42.5 Å².